The molecule has 1 aliphatic heterocycles. The van der Waals surface area contributed by atoms with E-state index in [2.05, 4.69) is 12.2 Å². The predicted molar refractivity (Wildman–Crippen MR) is 108 cm³/mol. The fraction of sp³-hybridized carbons (Fsp3) is 0.190. The molecule has 2 amide bonds. The van der Waals surface area contributed by atoms with E-state index in [1.165, 1.54) is 16.7 Å². The summed E-state index contributed by atoms with van der Waals surface area (Å²) in [4.78, 5) is 26.8. The summed E-state index contributed by atoms with van der Waals surface area (Å²) < 4.78 is 0. The highest BCUT2D eigenvalue weighted by Gasteiger charge is 2.38. The first-order chi connectivity index (χ1) is 13.0. The maximum atomic E-state index is 12.7. The van der Waals surface area contributed by atoms with E-state index in [9.17, 15) is 14.9 Å². The van der Waals surface area contributed by atoms with Crippen molar-refractivity contribution in [2.75, 3.05) is 10.2 Å². The normalized spacial score (nSPS) is 18.2. The molecule has 1 saturated heterocycles. The fourth-order valence-corrected chi connectivity index (χ4v) is 3.86. The zero-order valence-corrected chi connectivity index (χ0v) is 15.9. The molecule has 2 aromatic carbocycles. The Morgan fingerprint density at radius 3 is 2.44 bits per heavy atom. The zero-order valence-electron chi connectivity index (χ0n) is 15.1. The number of nitrogens with one attached hydrogen (secondary N) is 1. The Bertz CT molecular complexity index is 930. The number of anilines is 2. The summed E-state index contributed by atoms with van der Waals surface area (Å²) in [6, 6.07) is 18.5. The molecule has 0 saturated carbocycles. The summed E-state index contributed by atoms with van der Waals surface area (Å²) in [5.74, 6) is -0.666. The van der Waals surface area contributed by atoms with E-state index in [1.54, 1.807) is 31.2 Å². The second-order valence-corrected chi connectivity index (χ2v) is 7.40. The average Bonchev–Trinajstić information content (AvgIpc) is 2.98. The molecule has 27 heavy (non-hydrogen) atoms. The molecule has 0 unspecified atom stereocenters. The lowest BCUT2D eigenvalue weighted by Gasteiger charge is -2.18. The van der Waals surface area contributed by atoms with E-state index in [0.717, 1.165) is 12.0 Å². The summed E-state index contributed by atoms with van der Waals surface area (Å²) in [6.45, 7) is 3.83. The van der Waals surface area contributed by atoms with Gasteiger partial charge in [-0.3, -0.25) is 14.5 Å². The Kier molecular flexibility index (Phi) is 5.63. The Morgan fingerprint density at radius 1 is 1.19 bits per heavy atom. The first-order valence-electron chi connectivity index (χ1n) is 8.65. The first-order valence-corrected chi connectivity index (χ1v) is 9.53. The molecule has 1 N–H and O–H groups in total. The Morgan fingerprint density at radius 2 is 1.85 bits per heavy atom. The number of amides is 2. The van der Waals surface area contributed by atoms with Gasteiger partial charge < -0.3 is 5.32 Å². The number of nitrogens with zero attached hydrogens (tertiary/aromatic N) is 2. The minimum absolute atomic E-state index is 0.0684. The van der Waals surface area contributed by atoms with Crippen molar-refractivity contribution in [2.24, 2.45) is 0 Å². The third kappa shape index (κ3) is 3.88. The molecule has 1 atom stereocenters. The summed E-state index contributed by atoms with van der Waals surface area (Å²) in [5.41, 5.74) is 2.34. The van der Waals surface area contributed by atoms with Gasteiger partial charge in [-0.15, -0.1) is 0 Å². The maximum Gasteiger partial charge on any atom is 0.269 e. The monoisotopic (exact) mass is 377 g/mol. The highest BCUT2D eigenvalue weighted by Crippen LogP contribution is 2.40. The molecule has 3 rings (SSSR count). The van der Waals surface area contributed by atoms with Crippen LogP contribution in [0.1, 0.15) is 19.4 Å². The van der Waals surface area contributed by atoms with Gasteiger partial charge >= 0.3 is 0 Å². The Balaban J connectivity index is 1.95. The summed E-state index contributed by atoms with van der Waals surface area (Å²) >= 11 is 1.23. The van der Waals surface area contributed by atoms with E-state index in [4.69, 9.17) is 0 Å². The van der Waals surface area contributed by atoms with Crippen LogP contribution >= 0.6 is 11.8 Å². The van der Waals surface area contributed by atoms with Crippen molar-refractivity contribution in [3.8, 4) is 6.07 Å². The van der Waals surface area contributed by atoms with Crippen LogP contribution in [-0.2, 0) is 16.0 Å². The van der Waals surface area contributed by atoms with Crippen molar-refractivity contribution >= 4 is 35.0 Å². The third-order valence-electron chi connectivity index (χ3n) is 4.25. The van der Waals surface area contributed by atoms with Crippen molar-refractivity contribution in [1.82, 2.24) is 0 Å². The number of rotatable bonds is 4. The van der Waals surface area contributed by atoms with Gasteiger partial charge in [-0.25, -0.2) is 0 Å². The lowest BCUT2D eigenvalue weighted by Crippen LogP contribution is -2.29. The van der Waals surface area contributed by atoms with Gasteiger partial charge in [0.05, 0.1) is 5.25 Å². The van der Waals surface area contributed by atoms with Crippen LogP contribution in [0.15, 0.2) is 65.2 Å². The lowest BCUT2D eigenvalue weighted by molar-refractivity contribution is -0.116. The number of hydrogen-bond donors (Lipinski definition) is 1. The predicted octanol–water partition coefficient (Wildman–Crippen LogP) is 4.09. The molecule has 1 fully saturated rings. The summed E-state index contributed by atoms with van der Waals surface area (Å²) in [6.07, 6.45) is 0.907. The number of carbonyl (C=O) groups excluding carboxylic acids is 2. The molecule has 1 aliphatic rings. The quantitative estimate of drug-likeness (QED) is 0.643. The molecule has 5 nitrogen and oxygen atoms in total. The lowest BCUT2D eigenvalue weighted by atomic mass is 10.1. The highest BCUT2D eigenvalue weighted by molar-refractivity contribution is 8.05. The second kappa shape index (κ2) is 8.11. The first kappa shape index (κ1) is 18.7. The molecule has 6 heteroatoms. The van der Waals surface area contributed by atoms with Crippen LogP contribution in [0.3, 0.4) is 0 Å². The Labute approximate surface area is 162 Å². The fourth-order valence-electron chi connectivity index (χ4n) is 2.76. The average molecular weight is 377 g/mol. The van der Waals surface area contributed by atoms with Crippen molar-refractivity contribution in [1.29, 1.82) is 5.26 Å². The second-order valence-electron chi connectivity index (χ2n) is 6.07. The van der Waals surface area contributed by atoms with Crippen molar-refractivity contribution in [3.63, 3.8) is 0 Å². The zero-order chi connectivity index (χ0) is 19.4. The van der Waals surface area contributed by atoms with Gasteiger partial charge in [-0.2, -0.15) is 5.26 Å². The maximum absolute atomic E-state index is 12.7. The van der Waals surface area contributed by atoms with Gasteiger partial charge in [-0.1, -0.05) is 49.0 Å². The molecule has 0 bridgehead atoms. The van der Waals surface area contributed by atoms with Crippen LogP contribution in [0.5, 0.6) is 0 Å². The number of hydrogen-bond acceptors (Lipinski definition) is 4. The number of para-hydroxylation sites is 1. The molecule has 0 aliphatic carbocycles. The van der Waals surface area contributed by atoms with Crippen LogP contribution in [0.25, 0.3) is 0 Å². The van der Waals surface area contributed by atoms with Crippen LogP contribution in [-0.4, -0.2) is 17.1 Å². The van der Waals surface area contributed by atoms with Gasteiger partial charge in [0.25, 0.3) is 5.91 Å². The van der Waals surface area contributed by atoms with Gasteiger partial charge in [-0.05, 0) is 43.2 Å². The van der Waals surface area contributed by atoms with E-state index in [0.29, 0.717) is 16.4 Å². The van der Waals surface area contributed by atoms with Crippen LogP contribution < -0.4 is 10.2 Å². The standard InChI is InChI=1S/C21H19N3O2S/c1-3-15-9-11-16(12-10-15)23-19(25)18(13-22)21-24(20(26)14(2)27-21)17-7-5-4-6-8-17/h4-12,14H,3H2,1-2H3,(H,23,25)/b21-18-/t14-/m0/s1. The van der Waals surface area contributed by atoms with Crippen molar-refractivity contribution in [3.05, 3.63) is 70.8 Å². The minimum Gasteiger partial charge on any atom is -0.321 e. The molecular formula is C21H19N3O2S. The van der Waals surface area contributed by atoms with E-state index < -0.39 is 5.91 Å². The van der Waals surface area contributed by atoms with Gasteiger partial charge in [0.15, 0.2) is 0 Å². The highest BCUT2D eigenvalue weighted by atomic mass is 32.2. The van der Waals surface area contributed by atoms with E-state index in [1.807, 2.05) is 36.4 Å². The van der Waals surface area contributed by atoms with Gasteiger partial charge in [0.1, 0.15) is 16.7 Å². The van der Waals surface area contributed by atoms with E-state index in [-0.39, 0.29) is 16.7 Å². The van der Waals surface area contributed by atoms with Crippen LogP contribution in [0.2, 0.25) is 0 Å². The number of benzene rings is 2. The van der Waals surface area contributed by atoms with Crippen LogP contribution in [0.4, 0.5) is 11.4 Å². The molecule has 0 aromatic heterocycles. The number of thioether (sulfide) groups is 1. The molecule has 136 valence electrons. The molecule has 0 radical (unpaired) electrons. The number of nitriles is 1. The third-order valence-corrected chi connectivity index (χ3v) is 5.41. The smallest absolute Gasteiger partial charge is 0.269 e. The SMILES string of the molecule is CCc1ccc(NC(=O)/C(C#N)=C2\S[C@@H](C)C(=O)N2c2ccccc2)cc1. The molecule has 2 aromatic rings. The minimum atomic E-state index is -0.521. The number of carbonyl (C=O) groups is 2. The topological polar surface area (TPSA) is 73.2 Å². The van der Waals surface area contributed by atoms with Gasteiger partial charge in [0, 0.05) is 11.4 Å². The van der Waals surface area contributed by atoms with Gasteiger partial charge in [0.2, 0.25) is 5.91 Å². The summed E-state index contributed by atoms with van der Waals surface area (Å²) in [5, 5.41) is 12.4. The molecule has 1 heterocycles. The largest absolute Gasteiger partial charge is 0.321 e. The summed E-state index contributed by atoms with van der Waals surface area (Å²) in [7, 11) is 0. The van der Waals surface area contributed by atoms with Crippen LogP contribution in [0, 0.1) is 11.3 Å². The molecular weight excluding hydrogens is 358 g/mol. The molecule has 0 spiro atoms. The van der Waals surface area contributed by atoms with Crippen molar-refractivity contribution in [2.45, 2.75) is 25.5 Å². The Hall–Kier alpha value is -3.04. The van der Waals surface area contributed by atoms with Crippen molar-refractivity contribution < 1.29 is 9.59 Å². The van der Waals surface area contributed by atoms with E-state index >= 15 is 0 Å². The number of aryl methyl sites for hydroxylation is 1.